The molecule has 0 bridgehead atoms. The van der Waals surface area contributed by atoms with Crippen LogP contribution in [0, 0.1) is 0 Å². The van der Waals surface area contributed by atoms with Crippen molar-refractivity contribution in [2.45, 2.75) is 18.8 Å². The van der Waals surface area contributed by atoms with Crippen molar-refractivity contribution in [2.75, 3.05) is 30.4 Å². The number of pyridine rings is 1. The predicted octanol–water partition coefficient (Wildman–Crippen LogP) is 3.42. The van der Waals surface area contributed by atoms with Gasteiger partial charge in [0.2, 0.25) is 5.82 Å². The topological polar surface area (TPSA) is 58.9 Å². The highest BCUT2D eigenvalue weighted by Gasteiger charge is 2.44. The summed E-state index contributed by atoms with van der Waals surface area (Å²) in [4.78, 5) is 13.3. The van der Waals surface area contributed by atoms with Gasteiger partial charge in [-0.1, -0.05) is 0 Å². The number of alkyl halides is 4. The third-order valence-electron chi connectivity index (χ3n) is 4.39. The van der Waals surface area contributed by atoms with Gasteiger partial charge in [-0.05, 0) is 6.07 Å². The minimum atomic E-state index is -3.20. The maximum atomic E-state index is 13.6. The van der Waals surface area contributed by atoms with Gasteiger partial charge in [0.15, 0.2) is 0 Å². The zero-order valence-corrected chi connectivity index (χ0v) is 14.5. The molecule has 0 spiro atoms. The molecule has 4 rings (SSSR count). The van der Waals surface area contributed by atoms with Crippen LogP contribution in [0.3, 0.4) is 0 Å². The molecule has 10 heteroatoms. The van der Waals surface area contributed by atoms with E-state index in [1.807, 2.05) is 0 Å². The van der Waals surface area contributed by atoms with Crippen LogP contribution in [0.1, 0.15) is 12.7 Å². The summed E-state index contributed by atoms with van der Waals surface area (Å²) in [5.74, 6) is -5.77. The van der Waals surface area contributed by atoms with Crippen LogP contribution >= 0.6 is 0 Å². The van der Waals surface area contributed by atoms with Crippen molar-refractivity contribution in [2.24, 2.45) is 0 Å². The zero-order valence-electron chi connectivity index (χ0n) is 14.5. The number of nitrogens with one attached hydrogen (secondary N) is 1. The third-order valence-corrected chi connectivity index (χ3v) is 4.39. The summed E-state index contributed by atoms with van der Waals surface area (Å²) in [7, 11) is 1.69. The van der Waals surface area contributed by atoms with Gasteiger partial charge >= 0.3 is 5.92 Å². The summed E-state index contributed by atoms with van der Waals surface area (Å²) in [5, 5.41) is 3.53. The standard InChI is InChI=1S/C17H16F4N6/c1-16(18,19)15-23-4-3-14(25-15)27-7-12(26-8-17(20,21)9-26)10-6-24-13(22-2)5-11(10)27/h3-7H,8-9H2,1-2H3,(H,22,24). The van der Waals surface area contributed by atoms with Gasteiger partial charge < -0.3 is 10.2 Å². The molecule has 27 heavy (non-hydrogen) atoms. The van der Waals surface area contributed by atoms with Gasteiger partial charge in [0, 0.05) is 44.0 Å². The molecule has 3 aromatic rings. The Hall–Kier alpha value is -2.91. The average molecular weight is 380 g/mol. The molecule has 0 unspecified atom stereocenters. The lowest BCUT2D eigenvalue weighted by Crippen LogP contribution is -2.56. The highest BCUT2D eigenvalue weighted by Crippen LogP contribution is 2.38. The average Bonchev–Trinajstić information content (AvgIpc) is 2.97. The lowest BCUT2D eigenvalue weighted by atomic mass is 10.1. The zero-order chi connectivity index (χ0) is 19.4. The number of aromatic nitrogens is 4. The molecule has 1 aliphatic rings. The molecule has 142 valence electrons. The van der Waals surface area contributed by atoms with Gasteiger partial charge in [0.1, 0.15) is 11.6 Å². The van der Waals surface area contributed by atoms with Crippen LogP contribution in [0.5, 0.6) is 0 Å². The Morgan fingerprint density at radius 3 is 2.59 bits per heavy atom. The van der Waals surface area contributed by atoms with E-state index in [0.29, 0.717) is 22.4 Å². The van der Waals surface area contributed by atoms with Crippen LogP contribution in [-0.4, -0.2) is 45.6 Å². The minimum absolute atomic E-state index is 0.221. The van der Waals surface area contributed by atoms with Crippen molar-refractivity contribution < 1.29 is 17.6 Å². The largest absolute Gasteiger partial charge is 0.373 e. The molecule has 6 nitrogen and oxygen atoms in total. The van der Waals surface area contributed by atoms with E-state index >= 15 is 0 Å². The highest BCUT2D eigenvalue weighted by molar-refractivity contribution is 5.95. The summed E-state index contributed by atoms with van der Waals surface area (Å²) in [5.41, 5.74) is 1.16. The second-order valence-electron chi connectivity index (χ2n) is 6.56. The fraction of sp³-hybridized carbons (Fsp3) is 0.353. The molecule has 0 amide bonds. The number of hydrogen-bond acceptors (Lipinski definition) is 5. The van der Waals surface area contributed by atoms with Gasteiger partial charge in [-0.3, -0.25) is 4.57 Å². The monoisotopic (exact) mass is 380 g/mol. The van der Waals surface area contributed by atoms with E-state index in [4.69, 9.17) is 0 Å². The van der Waals surface area contributed by atoms with Gasteiger partial charge in [0.05, 0.1) is 24.3 Å². The first-order valence-corrected chi connectivity index (χ1v) is 8.21. The summed E-state index contributed by atoms with van der Waals surface area (Å²) in [6, 6.07) is 3.20. The quantitative estimate of drug-likeness (QED) is 0.703. The molecule has 0 atom stereocenters. The molecule has 0 aliphatic carbocycles. The Labute approximate surface area is 151 Å². The van der Waals surface area contributed by atoms with Crippen LogP contribution in [0.15, 0.2) is 30.7 Å². The summed E-state index contributed by atoms with van der Waals surface area (Å²) >= 11 is 0. The van der Waals surface area contributed by atoms with Crippen LogP contribution in [0.4, 0.5) is 29.1 Å². The van der Waals surface area contributed by atoms with Crippen molar-refractivity contribution >= 4 is 22.4 Å². The molecule has 1 fully saturated rings. The Balaban J connectivity index is 1.87. The number of rotatable bonds is 4. The Kier molecular flexibility index (Phi) is 3.76. The molecule has 1 aliphatic heterocycles. The van der Waals surface area contributed by atoms with Gasteiger partial charge in [-0.25, -0.2) is 23.7 Å². The van der Waals surface area contributed by atoms with E-state index in [0.717, 1.165) is 6.92 Å². The number of halogens is 4. The summed E-state index contributed by atoms with van der Waals surface area (Å²) < 4.78 is 55.5. The Morgan fingerprint density at radius 1 is 1.22 bits per heavy atom. The number of anilines is 2. The van der Waals surface area contributed by atoms with Crippen molar-refractivity contribution in [3.8, 4) is 5.82 Å². The maximum absolute atomic E-state index is 13.6. The summed E-state index contributed by atoms with van der Waals surface area (Å²) in [6.07, 6.45) is 4.43. The molecule has 0 aromatic carbocycles. The second kappa shape index (κ2) is 5.80. The number of hydrogen-bond donors (Lipinski definition) is 1. The van der Waals surface area contributed by atoms with Crippen molar-refractivity contribution in [1.82, 2.24) is 19.5 Å². The number of nitrogens with zero attached hydrogens (tertiary/aromatic N) is 5. The highest BCUT2D eigenvalue weighted by atomic mass is 19.3. The minimum Gasteiger partial charge on any atom is -0.373 e. The van der Waals surface area contributed by atoms with Crippen LogP contribution in [0.2, 0.25) is 0 Å². The van der Waals surface area contributed by atoms with E-state index in [-0.39, 0.29) is 5.82 Å². The first-order valence-electron chi connectivity index (χ1n) is 8.21. The molecule has 1 N–H and O–H groups in total. The molecule has 1 saturated heterocycles. The fourth-order valence-electron chi connectivity index (χ4n) is 3.06. The lowest BCUT2D eigenvalue weighted by molar-refractivity contribution is -0.0261. The van der Waals surface area contributed by atoms with E-state index in [9.17, 15) is 17.6 Å². The van der Waals surface area contributed by atoms with Crippen LogP contribution < -0.4 is 10.2 Å². The molecule has 4 heterocycles. The van der Waals surface area contributed by atoms with Gasteiger partial charge in [-0.2, -0.15) is 8.78 Å². The third kappa shape index (κ3) is 3.04. The molecule has 3 aromatic heterocycles. The van der Waals surface area contributed by atoms with Crippen molar-refractivity contribution in [3.05, 3.63) is 36.5 Å². The van der Waals surface area contributed by atoms with E-state index in [2.05, 4.69) is 20.3 Å². The second-order valence-corrected chi connectivity index (χ2v) is 6.56. The van der Waals surface area contributed by atoms with Crippen molar-refractivity contribution in [3.63, 3.8) is 0 Å². The van der Waals surface area contributed by atoms with E-state index < -0.39 is 30.8 Å². The van der Waals surface area contributed by atoms with E-state index in [1.54, 1.807) is 30.1 Å². The fourth-order valence-corrected chi connectivity index (χ4v) is 3.06. The normalized spacial score (nSPS) is 16.4. The van der Waals surface area contributed by atoms with Crippen molar-refractivity contribution in [1.29, 1.82) is 0 Å². The summed E-state index contributed by atoms with van der Waals surface area (Å²) in [6.45, 7) is -0.0830. The molecular formula is C17H16F4N6. The Morgan fingerprint density at radius 2 is 1.96 bits per heavy atom. The SMILES string of the molecule is CNc1cc2c(cn1)c(N1CC(F)(F)C1)cn2-c1ccnc(C(C)(F)F)n1. The molecular weight excluding hydrogens is 364 g/mol. The lowest BCUT2D eigenvalue weighted by Gasteiger charge is -2.40. The maximum Gasteiger partial charge on any atom is 0.303 e. The smallest absolute Gasteiger partial charge is 0.303 e. The van der Waals surface area contributed by atoms with Gasteiger partial charge in [-0.15, -0.1) is 0 Å². The first-order chi connectivity index (χ1) is 12.7. The molecule has 0 saturated carbocycles. The van der Waals surface area contributed by atoms with Crippen LogP contribution in [-0.2, 0) is 5.92 Å². The number of fused-ring (bicyclic) bond motifs is 1. The first kappa shape index (κ1) is 17.5. The predicted molar refractivity (Wildman–Crippen MR) is 92.9 cm³/mol. The van der Waals surface area contributed by atoms with Gasteiger partial charge in [0.25, 0.3) is 5.92 Å². The van der Waals surface area contributed by atoms with Crippen LogP contribution in [0.25, 0.3) is 16.7 Å². The molecule has 0 radical (unpaired) electrons. The van der Waals surface area contributed by atoms with E-state index in [1.165, 1.54) is 17.2 Å². The Bertz CT molecular complexity index is 1000.